The summed E-state index contributed by atoms with van der Waals surface area (Å²) in [6.07, 6.45) is 0. The molecule has 0 heterocycles. The maximum atomic E-state index is 5.62. The standard InChI is InChI=1S/C17H20O3S/c1-18-11-12-19-13-14-20-15-7-9-17(10-8-15)21-16-5-3-2-4-6-16/h2-10H,11-14H2,1H3. The lowest BCUT2D eigenvalue weighted by atomic mass is 10.3. The monoisotopic (exact) mass is 304 g/mol. The Labute approximate surface area is 130 Å². The van der Waals surface area contributed by atoms with E-state index in [1.165, 1.54) is 9.79 Å². The molecule has 0 amide bonds. The Bertz CT molecular complexity index is 499. The van der Waals surface area contributed by atoms with Crippen LogP contribution in [0.5, 0.6) is 5.75 Å². The molecule has 0 unspecified atom stereocenters. The maximum absolute atomic E-state index is 5.62. The van der Waals surface area contributed by atoms with Crippen LogP contribution >= 0.6 is 11.8 Å². The maximum Gasteiger partial charge on any atom is 0.119 e. The smallest absolute Gasteiger partial charge is 0.119 e. The zero-order chi connectivity index (χ0) is 14.8. The van der Waals surface area contributed by atoms with E-state index >= 15 is 0 Å². The predicted octanol–water partition coefficient (Wildman–Crippen LogP) is 3.88. The zero-order valence-electron chi connectivity index (χ0n) is 12.2. The summed E-state index contributed by atoms with van der Waals surface area (Å²) in [6, 6.07) is 18.4. The van der Waals surface area contributed by atoms with Crippen molar-refractivity contribution in [1.29, 1.82) is 0 Å². The molecule has 112 valence electrons. The lowest BCUT2D eigenvalue weighted by molar-refractivity contribution is 0.0544. The SMILES string of the molecule is COCCOCCOc1ccc(Sc2ccccc2)cc1. The molecule has 3 nitrogen and oxygen atoms in total. The summed E-state index contributed by atoms with van der Waals surface area (Å²) in [7, 11) is 1.66. The average Bonchev–Trinajstić information content (AvgIpc) is 2.53. The largest absolute Gasteiger partial charge is 0.491 e. The fraction of sp³-hybridized carbons (Fsp3) is 0.294. The first-order chi connectivity index (χ1) is 10.4. The van der Waals surface area contributed by atoms with Gasteiger partial charge in [0, 0.05) is 16.9 Å². The fourth-order valence-electron chi connectivity index (χ4n) is 1.69. The number of methoxy groups -OCH3 is 1. The van der Waals surface area contributed by atoms with Gasteiger partial charge in [0.2, 0.25) is 0 Å². The van der Waals surface area contributed by atoms with Gasteiger partial charge in [-0.2, -0.15) is 0 Å². The van der Waals surface area contributed by atoms with Gasteiger partial charge in [-0.1, -0.05) is 30.0 Å². The highest BCUT2D eigenvalue weighted by Crippen LogP contribution is 2.28. The molecule has 0 saturated carbocycles. The third-order valence-corrected chi connectivity index (χ3v) is 3.75. The first-order valence-corrected chi connectivity index (χ1v) is 7.72. The molecule has 2 rings (SSSR count). The van der Waals surface area contributed by atoms with Crippen LogP contribution in [0.3, 0.4) is 0 Å². The highest BCUT2D eigenvalue weighted by molar-refractivity contribution is 7.99. The van der Waals surface area contributed by atoms with E-state index in [-0.39, 0.29) is 0 Å². The van der Waals surface area contributed by atoms with Gasteiger partial charge >= 0.3 is 0 Å². The van der Waals surface area contributed by atoms with Crippen molar-refractivity contribution in [2.75, 3.05) is 33.5 Å². The normalized spacial score (nSPS) is 10.5. The Morgan fingerprint density at radius 1 is 0.762 bits per heavy atom. The number of rotatable bonds is 9. The van der Waals surface area contributed by atoms with Gasteiger partial charge in [-0.3, -0.25) is 0 Å². The molecule has 0 bridgehead atoms. The van der Waals surface area contributed by atoms with E-state index in [2.05, 4.69) is 24.3 Å². The minimum atomic E-state index is 0.550. The summed E-state index contributed by atoms with van der Waals surface area (Å²) in [6.45, 7) is 2.34. The van der Waals surface area contributed by atoms with Crippen molar-refractivity contribution in [2.45, 2.75) is 9.79 Å². The number of hydrogen-bond acceptors (Lipinski definition) is 4. The van der Waals surface area contributed by atoms with Crippen LogP contribution in [0.15, 0.2) is 64.4 Å². The van der Waals surface area contributed by atoms with E-state index in [4.69, 9.17) is 14.2 Å². The summed E-state index contributed by atoms with van der Waals surface area (Å²) >= 11 is 1.74. The predicted molar refractivity (Wildman–Crippen MR) is 85.2 cm³/mol. The second kappa shape index (κ2) is 9.45. The van der Waals surface area contributed by atoms with E-state index in [1.807, 2.05) is 30.3 Å². The third kappa shape index (κ3) is 6.21. The van der Waals surface area contributed by atoms with Crippen molar-refractivity contribution < 1.29 is 14.2 Å². The minimum absolute atomic E-state index is 0.550. The second-order valence-corrected chi connectivity index (χ2v) is 5.49. The second-order valence-electron chi connectivity index (χ2n) is 4.34. The van der Waals surface area contributed by atoms with E-state index in [0.717, 1.165) is 5.75 Å². The van der Waals surface area contributed by atoms with Crippen molar-refractivity contribution in [3.05, 3.63) is 54.6 Å². The Morgan fingerprint density at radius 3 is 2.14 bits per heavy atom. The number of benzene rings is 2. The highest BCUT2D eigenvalue weighted by Gasteiger charge is 1.98. The Hall–Kier alpha value is -1.49. The summed E-state index contributed by atoms with van der Waals surface area (Å²) in [5, 5.41) is 0. The summed E-state index contributed by atoms with van der Waals surface area (Å²) in [5.74, 6) is 0.864. The van der Waals surface area contributed by atoms with Gasteiger partial charge in [0.15, 0.2) is 0 Å². The van der Waals surface area contributed by atoms with Gasteiger partial charge in [-0.15, -0.1) is 0 Å². The van der Waals surface area contributed by atoms with Crippen LogP contribution < -0.4 is 4.74 Å². The zero-order valence-corrected chi connectivity index (χ0v) is 13.0. The molecular weight excluding hydrogens is 284 g/mol. The van der Waals surface area contributed by atoms with Crippen LogP contribution in [0.1, 0.15) is 0 Å². The molecule has 21 heavy (non-hydrogen) atoms. The number of hydrogen-bond donors (Lipinski definition) is 0. The van der Waals surface area contributed by atoms with Crippen LogP contribution in [0, 0.1) is 0 Å². The minimum Gasteiger partial charge on any atom is -0.491 e. The molecule has 2 aromatic rings. The average molecular weight is 304 g/mol. The van der Waals surface area contributed by atoms with Crippen molar-refractivity contribution in [2.24, 2.45) is 0 Å². The molecule has 0 aliphatic heterocycles. The number of ether oxygens (including phenoxy) is 3. The van der Waals surface area contributed by atoms with Crippen molar-refractivity contribution in [3.63, 3.8) is 0 Å². The van der Waals surface area contributed by atoms with Gasteiger partial charge < -0.3 is 14.2 Å². The highest BCUT2D eigenvalue weighted by atomic mass is 32.2. The molecule has 0 aliphatic carbocycles. The van der Waals surface area contributed by atoms with E-state index in [0.29, 0.717) is 26.4 Å². The van der Waals surface area contributed by atoms with E-state index in [9.17, 15) is 0 Å². The van der Waals surface area contributed by atoms with Crippen LogP contribution in [0.4, 0.5) is 0 Å². The molecule has 4 heteroatoms. The van der Waals surface area contributed by atoms with Crippen molar-refractivity contribution in [3.8, 4) is 5.75 Å². The van der Waals surface area contributed by atoms with Gasteiger partial charge in [-0.25, -0.2) is 0 Å². The van der Waals surface area contributed by atoms with Crippen molar-refractivity contribution >= 4 is 11.8 Å². The third-order valence-electron chi connectivity index (χ3n) is 2.73. The van der Waals surface area contributed by atoms with Crippen LogP contribution in [-0.2, 0) is 9.47 Å². The van der Waals surface area contributed by atoms with Gasteiger partial charge in [-0.05, 0) is 36.4 Å². The molecule has 0 N–H and O–H groups in total. The molecule has 0 atom stereocenters. The van der Waals surface area contributed by atoms with Crippen LogP contribution in [-0.4, -0.2) is 33.5 Å². The fourth-order valence-corrected chi connectivity index (χ4v) is 2.53. The Kier molecular flexibility index (Phi) is 7.15. The van der Waals surface area contributed by atoms with Gasteiger partial charge in [0.05, 0.1) is 19.8 Å². The molecule has 0 saturated heterocycles. The quantitative estimate of drug-likeness (QED) is 0.657. The Morgan fingerprint density at radius 2 is 1.43 bits per heavy atom. The van der Waals surface area contributed by atoms with E-state index in [1.54, 1.807) is 18.9 Å². The molecule has 0 radical (unpaired) electrons. The molecule has 0 spiro atoms. The first-order valence-electron chi connectivity index (χ1n) is 6.91. The van der Waals surface area contributed by atoms with E-state index < -0.39 is 0 Å². The first kappa shape index (κ1) is 15.9. The molecule has 2 aromatic carbocycles. The molecule has 0 aliphatic rings. The van der Waals surface area contributed by atoms with Crippen LogP contribution in [0.25, 0.3) is 0 Å². The Balaban J connectivity index is 1.72. The topological polar surface area (TPSA) is 27.7 Å². The van der Waals surface area contributed by atoms with Crippen LogP contribution in [0.2, 0.25) is 0 Å². The van der Waals surface area contributed by atoms with Gasteiger partial charge in [0.25, 0.3) is 0 Å². The molecule has 0 aromatic heterocycles. The summed E-state index contributed by atoms with van der Waals surface area (Å²) in [5.41, 5.74) is 0. The molecule has 0 fully saturated rings. The van der Waals surface area contributed by atoms with Gasteiger partial charge in [0.1, 0.15) is 12.4 Å². The molecular formula is C17H20O3S. The van der Waals surface area contributed by atoms with Crippen molar-refractivity contribution in [1.82, 2.24) is 0 Å². The summed E-state index contributed by atoms with van der Waals surface area (Å²) < 4.78 is 15.9. The lowest BCUT2D eigenvalue weighted by Crippen LogP contribution is -2.09. The lowest BCUT2D eigenvalue weighted by Gasteiger charge is -2.08. The summed E-state index contributed by atoms with van der Waals surface area (Å²) in [4.78, 5) is 2.43.